The second kappa shape index (κ2) is 7.61. The third-order valence-electron chi connectivity index (χ3n) is 4.47. The molecule has 3 N–H and O–H groups in total. The predicted octanol–water partition coefficient (Wildman–Crippen LogP) is 1.86. The van der Waals surface area contributed by atoms with Crippen LogP contribution in [0.2, 0.25) is 0 Å². The Morgan fingerprint density at radius 2 is 1.96 bits per heavy atom. The number of hydrogen-bond acceptors (Lipinski definition) is 3. The summed E-state index contributed by atoms with van der Waals surface area (Å²) in [6.45, 7) is 0.706. The van der Waals surface area contributed by atoms with Gasteiger partial charge in [0, 0.05) is 30.3 Å². The summed E-state index contributed by atoms with van der Waals surface area (Å²) in [6.07, 6.45) is 6.09. The van der Waals surface area contributed by atoms with Gasteiger partial charge in [-0.25, -0.2) is 0 Å². The lowest BCUT2D eigenvalue weighted by Gasteiger charge is -2.18. The van der Waals surface area contributed by atoms with E-state index in [1.165, 1.54) is 12.8 Å². The van der Waals surface area contributed by atoms with Crippen molar-refractivity contribution in [3.8, 4) is 0 Å². The Hall–Kier alpha value is -2.15. The Labute approximate surface area is 146 Å². The van der Waals surface area contributed by atoms with Gasteiger partial charge in [-0.15, -0.1) is 0 Å². The van der Waals surface area contributed by atoms with E-state index in [9.17, 15) is 9.59 Å². The third-order valence-corrected chi connectivity index (χ3v) is 4.69. The maximum Gasteiger partial charge on any atom is 0.269 e. The molecule has 0 atom stereocenters. The summed E-state index contributed by atoms with van der Waals surface area (Å²) >= 11 is 5.20. The highest BCUT2D eigenvalue weighted by atomic mass is 32.1. The average molecular weight is 346 g/mol. The SMILES string of the molecule is O=C(NNC(=S)NC1CCCC1)c1cccc(N2CCCC2=O)c1. The van der Waals surface area contributed by atoms with Crippen LogP contribution in [0.1, 0.15) is 48.9 Å². The summed E-state index contributed by atoms with van der Waals surface area (Å²) in [4.78, 5) is 25.8. The van der Waals surface area contributed by atoms with Crippen LogP contribution >= 0.6 is 12.2 Å². The minimum absolute atomic E-state index is 0.104. The molecule has 128 valence electrons. The molecule has 7 heteroatoms. The second-order valence-electron chi connectivity index (χ2n) is 6.23. The molecule has 1 heterocycles. The number of rotatable bonds is 3. The quantitative estimate of drug-likeness (QED) is 0.576. The van der Waals surface area contributed by atoms with Gasteiger partial charge in [0.25, 0.3) is 5.91 Å². The van der Waals surface area contributed by atoms with Gasteiger partial charge in [0.05, 0.1) is 0 Å². The molecule has 2 amide bonds. The van der Waals surface area contributed by atoms with Crippen molar-refractivity contribution in [1.82, 2.24) is 16.2 Å². The van der Waals surface area contributed by atoms with Crippen LogP contribution in [0.4, 0.5) is 5.69 Å². The molecule has 0 unspecified atom stereocenters. The van der Waals surface area contributed by atoms with E-state index in [2.05, 4.69) is 16.2 Å². The van der Waals surface area contributed by atoms with Crippen molar-refractivity contribution >= 4 is 34.8 Å². The highest BCUT2D eigenvalue weighted by Gasteiger charge is 2.22. The fraction of sp³-hybridized carbons (Fsp3) is 0.471. The number of nitrogens with zero attached hydrogens (tertiary/aromatic N) is 1. The minimum atomic E-state index is -0.279. The van der Waals surface area contributed by atoms with Crippen molar-refractivity contribution in [2.45, 2.75) is 44.6 Å². The number of anilines is 1. The van der Waals surface area contributed by atoms with Crippen LogP contribution in [0, 0.1) is 0 Å². The first-order chi connectivity index (χ1) is 11.6. The lowest BCUT2D eigenvalue weighted by molar-refractivity contribution is -0.117. The van der Waals surface area contributed by atoms with E-state index in [1.807, 2.05) is 6.07 Å². The molecule has 0 bridgehead atoms. The Morgan fingerprint density at radius 3 is 2.67 bits per heavy atom. The van der Waals surface area contributed by atoms with Gasteiger partial charge in [-0.3, -0.25) is 20.4 Å². The van der Waals surface area contributed by atoms with Crippen LogP contribution in [0.15, 0.2) is 24.3 Å². The van der Waals surface area contributed by atoms with Gasteiger partial charge in [-0.2, -0.15) is 0 Å². The summed E-state index contributed by atoms with van der Waals surface area (Å²) in [5.41, 5.74) is 6.60. The Kier molecular flexibility index (Phi) is 5.30. The number of hydrazine groups is 1. The predicted molar refractivity (Wildman–Crippen MR) is 96.6 cm³/mol. The Balaban J connectivity index is 1.54. The van der Waals surface area contributed by atoms with E-state index in [-0.39, 0.29) is 11.8 Å². The van der Waals surface area contributed by atoms with Crippen molar-refractivity contribution in [2.24, 2.45) is 0 Å². The lowest BCUT2D eigenvalue weighted by atomic mass is 10.2. The van der Waals surface area contributed by atoms with E-state index in [0.29, 0.717) is 29.7 Å². The number of thiocarbonyl (C=S) groups is 1. The number of benzene rings is 1. The van der Waals surface area contributed by atoms with Crippen molar-refractivity contribution in [3.05, 3.63) is 29.8 Å². The van der Waals surface area contributed by atoms with E-state index in [0.717, 1.165) is 24.9 Å². The van der Waals surface area contributed by atoms with Crippen LogP contribution in [0.5, 0.6) is 0 Å². The third kappa shape index (κ3) is 4.03. The zero-order valence-electron chi connectivity index (χ0n) is 13.5. The number of carbonyl (C=O) groups is 2. The average Bonchev–Trinajstić information content (AvgIpc) is 3.24. The second-order valence-corrected chi connectivity index (χ2v) is 6.64. The zero-order chi connectivity index (χ0) is 16.9. The smallest absolute Gasteiger partial charge is 0.269 e. The first-order valence-electron chi connectivity index (χ1n) is 8.41. The van der Waals surface area contributed by atoms with E-state index >= 15 is 0 Å². The number of hydrogen-bond donors (Lipinski definition) is 3. The van der Waals surface area contributed by atoms with Crippen LogP contribution in [-0.4, -0.2) is 29.5 Å². The minimum Gasteiger partial charge on any atom is -0.359 e. The molecular weight excluding hydrogens is 324 g/mol. The topological polar surface area (TPSA) is 73.5 Å². The highest BCUT2D eigenvalue weighted by molar-refractivity contribution is 7.80. The molecule has 24 heavy (non-hydrogen) atoms. The summed E-state index contributed by atoms with van der Waals surface area (Å²) in [6, 6.07) is 7.47. The molecule has 1 saturated carbocycles. The first kappa shape index (κ1) is 16.7. The normalized spacial score (nSPS) is 17.8. The molecule has 6 nitrogen and oxygen atoms in total. The summed E-state index contributed by atoms with van der Waals surface area (Å²) < 4.78 is 0. The zero-order valence-corrected chi connectivity index (χ0v) is 14.3. The van der Waals surface area contributed by atoms with E-state index in [4.69, 9.17) is 12.2 Å². The van der Waals surface area contributed by atoms with Crippen LogP contribution in [0.25, 0.3) is 0 Å². The van der Waals surface area contributed by atoms with Crippen molar-refractivity contribution < 1.29 is 9.59 Å². The molecule has 2 aliphatic rings. The molecule has 1 saturated heterocycles. The first-order valence-corrected chi connectivity index (χ1v) is 8.81. The molecule has 1 aliphatic carbocycles. The molecular formula is C17H22N4O2S. The van der Waals surface area contributed by atoms with Crippen LogP contribution < -0.4 is 21.1 Å². The maximum atomic E-state index is 12.3. The van der Waals surface area contributed by atoms with Gasteiger partial charge >= 0.3 is 0 Å². The van der Waals surface area contributed by atoms with E-state index < -0.39 is 0 Å². The Bertz CT molecular complexity index is 643. The van der Waals surface area contributed by atoms with Gasteiger partial charge in [0.1, 0.15) is 0 Å². The summed E-state index contributed by atoms with van der Waals surface area (Å²) in [5.74, 6) is -0.174. The highest BCUT2D eigenvalue weighted by Crippen LogP contribution is 2.22. The number of amides is 2. The van der Waals surface area contributed by atoms with Gasteiger partial charge in [-0.05, 0) is 49.7 Å². The fourth-order valence-corrected chi connectivity index (χ4v) is 3.43. The van der Waals surface area contributed by atoms with Gasteiger partial charge in [0.15, 0.2) is 5.11 Å². The molecule has 2 fully saturated rings. The summed E-state index contributed by atoms with van der Waals surface area (Å²) in [7, 11) is 0. The maximum absolute atomic E-state index is 12.3. The van der Waals surface area contributed by atoms with Gasteiger partial charge < -0.3 is 10.2 Å². The lowest BCUT2D eigenvalue weighted by Crippen LogP contribution is -2.49. The summed E-state index contributed by atoms with van der Waals surface area (Å²) in [5, 5.41) is 3.63. The van der Waals surface area contributed by atoms with Gasteiger partial charge in [0.2, 0.25) is 5.91 Å². The molecule has 0 spiro atoms. The van der Waals surface area contributed by atoms with Crippen molar-refractivity contribution in [1.29, 1.82) is 0 Å². The fourth-order valence-electron chi connectivity index (χ4n) is 3.21. The van der Waals surface area contributed by atoms with E-state index in [1.54, 1.807) is 23.1 Å². The molecule has 1 aromatic rings. The van der Waals surface area contributed by atoms with Crippen LogP contribution in [-0.2, 0) is 4.79 Å². The number of nitrogens with one attached hydrogen (secondary N) is 3. The largest absolute Gasteiger partial charge is 0.359 e. The monoisotopic (exact) mass is 346 g/mol. The molecule has 0 radical (unpaired) electrons. The van der Waals surface area contributed by atoms with Crippen molar-refractivity contribution in [3.63, 3.8) is 0 Å². The standard InChI is InChI=1S/C17H22N4O2S/c22-15-9-4-10-21(15)14-8-3-5-12(11-14)16(23)19-20-17(24)18-13-6-1-2-7-13/h3,5,8,11,13H,1-2,4,6-7,9-10H2,(H,19,23)(H2,18,20,24). The molecule has 3 rings (SSSR count). The number of carbonyl (C=O) groups excluding carboxylic acids is 2. The Morgan fingerprint density at radius 1 is 1.17 bits per heavy atom. The molecule has 1 aliphatic heterocycles. The van der Waals surface area contributed by atoms with Crippen molar-refractivity contribution in [2.75, 3.05) is 11.4 Å². The van der Waals surface area contributed by atoms with Gasteiger partial charge in [-0.1, -0.05) is 18.9 Å². The van der Waals surface area contributed by atoms with Crippen LogP contribution in [0.3, 0.4) is 0 Å². The molecule has 0 aromatic heterocycles. The molecule has 1 aromatic carbocycles.